The van der Waals surface area contributed by atoms with E-state index >= 15 is 0 Å². The van der Waals surface area contributed by atoms with Crippen LogP contribution in [0.2, 0.25) is 0 Å². The van der Waals surface area contributed by atoms with Crippen molar-refractivity contribution in [1.29, 1.82) is 0 Å². The molecule has 1 aliphatic heterocycles. The summed E-state index contributed by atoms with van der Waals surface area (Å²) in [4.78, 5) is 26.6. The van der Waals surface area contributed by atoms with Gasteiger partial charge in [0.1, 0.15) is 0 Å². The zero-order chi connectivity index (χ0) is 14.4. The molecule has 1 aromatic carbocycles. The van der Waals surface area contributed by atoms with Gasteiger partial charge in [-0.2, -0.15) is 0 Å². The molecule has 1 saturated heterocycles. The first-order valence-corrected chi connectivity index (χ1v) is 7.30. The van der Waals surface area contributed by atoms with Gasteiger partial charge in [0.2, 0.25) is 0 Å². The van der Waals surface area contributed by atoms with Crippen LogP contribution in [-0.2, 0) is 4.79 Å². The third-order valence-corrected chi connectivity index (χ3v) is 4.64. The average molecular weight is 339 g/mol. The number of benzene rings is 1. The van der Waals surface area contributed by atoms with Gasteiger partial charge in [0, 0.05) is 24.1 Å². The van der Waals surface area contributed by atoms with Gasteiger partial charge in [-0.15, -0.1) is 0 Å². The maximum atomic E-state index is 12.3. The lowest BCUT2D eigenvalue weighted by molar-refractivity contribution is -0.138. The fourth-order valence-corrected chi connectivity index (χ4v) is 3.07. The fourth-order valence-electron chi connectivity index (χ4n) is 2.81. The minimum Gasteiger partial charge on any atom is -0.481 e. The first-order valence-electron chi connectivity index (χ1n) is 6.50. The largest absolute Gasteiger partial charge is 0.481 e. The molecule has 2 aliphatic rings. The van der Waals surface area contributed by atoms with Crippen molar-refractivity contribution in [2.24, 2.45) is 5.92 Å². The van der Waals surface area contributed by atoms with E-state index < -0.39 is 11.9 Å². The molecule has 6 heteroatoms. The Morgan fingerprint density at radius 3 is 2.55 bits per heavy atom. The molecule has 1 aromatic rings. The number of carboxylic acids is 1. The molecule has 20 heavy (non-hydrogen) atoms. The Kier molecular flexibility index (Phi) is 3.20. The smallest absolute Gasteiger partial charge is 0.320 e. The predicted octanol–water partition coefficient (Wildman–Crippen LogP) is 2.33. The molecule has 1 N–H and O–H groups in total. The summed E-state index contributed by atoms with van der Waals surface area (Å²) in [7, 11) is 1.77. The topological polar surface area (TPSA) is 60.9 Å². The molecule has 0 radical (unpaired) electrons. The molecule has 0 aromatic heterocycles. The number of carboxylic acid groups (broad SMARTS) is 1. The minimum atomic E-state index is -0.808. The zero-order valence-electron chi connectivity index (χ0n) is 11.0. The van der Waals surface area contributed by atoms with Crippen molar-refractivity contribution in [2.75, 3.05) is 13.6 Å². The Balaban J connectivity index is 1.77. The van der Waals surface area contributed by atoms with E-state index in [-0.39, 0.29) is 18.1 Å². The second kappa shape index (κ2) is 4.77. The fraction of sp³-hybridized carbons (Fsp3) is 0.429. The Morgan fingerprint density at radius 1 is 1.35 bits per heavy atom. The van der Waals surface area contributed by atoms with E-state index in [1.54, 1.807) is 16.8 Å². The van der Waals surface area contributed by atoms with Crippen molar-refractivity contribution in [1.82, 2.24) is 9.80 Å². The number of carbonyl (C=O) groups excluding carboxylic acids is 1. The summed E-state index contributed by atoms with van der Waals surface area (Å²) in [6.07, 6.45) is 0.571. The number of nitrogens with zero attached hydrogens (tertiary/aromatic N) is 2. The summed E-state index contributed by atoms with van der Waals surface area (Å²) < 4.78 is 0.998. The summed E-state index contributed by atoms with van der Waals surface area (Å²) in [5.41, 5.74) is 1.07. The molecule has 3 rings (SSSR count). The zero-order valence-corrected chi connectivity index (χ0v) is 12.6. The van der Waals surface area contributed by atoms with Gasteiger partial charge in [0.05, 0.1) is 12.0 Å². The monoisotopic (exact) mass is 338 g/mol. The number of hydrogen-bond acceptors (Lipinski definition) is 2. The van der Waals surface area contributed by atoms with Crippen LogP contribution in [0.1, 0.15) is 18.0 Å². The highest BCUT2D eigenvalue weighted by Crippen LogP contribution is 2.41. The number of hydrogen-bond donors (Lipinski definition) is 1. The summed E-state index contributed by atoms with van der Waals surface area (Å²) in [6.45, 7) is 0.561. The number of rotatable bonds is 3. The van der Waals surface area contributed by atoms with Crippen molar-refractivity contribution in [2.45, 2.75) is 18.5 Å². The normalized spacial score (nSPS) is 28.9. The van der Waals surface area contributed by atoms with Crippen LogP contribution in [0.25, 0.3) is 0 Å². The molecular formula is C14H15BrN2O3. The number of carbonyl (C=O) groups is 2. The van der Waals surface area contributed by atoms with Gasteiger partial charge in [-0.05, 0) is 24.1 Å². The molecule has 2 amide bonds. The highest BCUT2D eigenvalue weighted by atomic mass is 79.9. The van der Waals surface area contributed by atoms with Crippen LogP contribution in [0, 0.1) is 5.92 Å². The predicted molar refractivity (Wildman–Crippen MR) is 76.3 cm³/mol. The highest BCUT2D eigenvalue weighted by molar-refractivity contribution is 9.10. The number of likely N-dealkylation sites (N-methyl/N-ethyl adjacent to an activating group) is 1. The quantitative estimate of drug-likeness (QED) is 0.920. The van der Waals surface area contributed by atoms with E-state index in [4.69, 9.17) is 5.11 Å². The van der Waals surface area contributed by atoms with Crippen molar-refractivity contribution >= 4 is 27.9 Å². The summed E-state index contributed by atoms with van der Waals surface area (Å²) in [5, 5.41) is 8.99. The standard InChI is InChI=1S/C14H15BrN2O3/c1-16-12(8-2-4-9(15)5-3-8)7-17(14(16)20)11-6-10(11)13(18)19/h2-5,10-12H,6-7H2,1H3,(H,18,19). The van der Waals surface area contributed by atoms with Crippen LogP contribution in [0.15, 0.2) is 28.7 Å². The summed E-state index contributed by atoms with van der Waals surface area (Å²) >= 11 is 3.39. The molecule has 0 bridgehead atoms. The molecule has 0 spiro atoms. The Hall–Kier alpha value is -1.56. The maximum Gasteiger partial charge on any atom is 0.320 e. The van der Waals surface area contributed by atoms with Crippen molar-refractivity contribution in [3.63, 3.8) is 0 Å². The van der Waals surface area contributed by atoms with Gasteiger partial charge in [0.15, 0.2) is 0 Å². The van der Waals surface area contributed by atoms with Crippen LogP contribution in [-0.4, -0.2) is 46.5 Å². The van der Waals surface area contributed by atoms with E-state index in [0.29, 0.717) is 13.0 Å². The van der Waals surface area contributed by atoms with Crippen molar-refractivity contribution in [3.05, 3.63) is 34.3 Å². The molecule has 3 unspecified atom stereocenters. The Labute approximate surface area is 125 Å². The molecule has 2 fully saturated rings. The van der Waals surface area contributed by atoms with E-state index in [2.05, 4.69) is 15.9 Å². The lowest BCUT2D eigenvalue weighted by atomic mass is 10.1. The SMILES string of the molecule is CN1C(=O)N(C2CC2C(=O)O)CC1c1ccc(Br)cc1. The first-order chi connectivity index (χ1) is 9.49. The van der Waals surface area contributed by atoms with Gasteiger partial charge < -0.3 is 14.9 Å². The van der Waals surface area contributed by atoms with Crippen molar-refractivity contribution in [3.8, 4) is 0 Å². The molecule has 106 valence electrons. The summed E-state index contributed by atoms with van der Waals surface area (Å²) in [6, 6.07) is 7.66. The number of halogens is 1. The first kappa shape index (κ1) is 13.4. The average Bonchev–Trinajstić information content (AvgIpc) is 3.15. The second-order valence-corrected chi connectivity index (χ2v) is 6.28. The molecule has 1 saturated carbocycles. The van der Waals surface area contributed by atoms with E-state index in [9.17, 15) is 9.59 Å². The van der Waals surface area contributed by atoms with Gasteiger partial charge in [-0.3, -0.25) is 4.79 Å². The van der Waals surface area contributed by atoms with Gasteiger partial charge >= 0.3 is 12.0 Å². The van der Waals surface area contributed by atoms with Crippen LogP contribution in [0.3, 0.4) is 0 Å². The second-order valence-electron chi connectivity index (χ2n) is 5.36. The Bertz CT molecular complexity index is 560. The molecule has 1 heterocycles. The molecule has 1 aliphatic carbocycles. The van der Waals surface area contributed by atoms with E-state index in [1.165, 1.54) is 0 Å². The summed E-state index contributed by atoms with van der Waals surface area (Å²) in [5.74, 6) is -1.20. The van der Waals surface area contributed by atoms with Crippen molar-refractivity contribution < 1.29 is 14.7 Å². The third-order valence-electron chi connectivity index (χ3n) is 4.11. The number of aliphatic carboxylic acids is 1. The number of amides is 2. The Morgan fingerprint density at radius 2 is 2.00 bits per heavy atom. The van der Waals surface area contributed by atoms with Crippen LogP contribution < -0.4 is 0 Å². The molecular weight excluding hydrogens is 324 g/mol. The van der Waals surface area contributed by atoms with E-state index in [1.807, 2.05) is 24.3 Å². The van der Waals surface area contributed by atoms with Crippen LogP contribution >= 0.6 is 15.9 Å². The van der Waals surface area contributed by atoms with Crippen LogP contribution in [0.5, 0.6) is 0 Å². The van der Waals surface area contributed by atoms with Gasteiger partial charge in [0.25, 0.3) is 0 Å². The number of urea groups is 1. The highest BCUT2D eigenvalue weighted by Gasteiger charge is 2.52. The van der Waals surface area contributed by atoms with Gasteiger partial charge in [-0.1, -0.05) is 28.1 Å². The molecule has 3 atom stereocenters. The lowest BCUT2D eigenvalue weighted by Crippen LogP contribution is -2.33. The minimum absolute atomic E-state index is 0.00866. The van der Waals surface area contributed by atoms with E-state index in [0.717, 1.165) is 10.0 Å². The molecule has 5 nitrogen and oxygen atoms in total. The lowest BCUT2D eigenvalue weighted by Gasteiger charge is -2.18. The van der Waals surface area contributed by atoms with Gasteiger partial charge in [-0.25, -0.2) is 4.79 Å². The third kappa shape index (κ3) is 2.18. The maximum absolute atomic E-state index is 12.3. The van der Waals surface area contributed by atoms with Crippen LogP contribution in [0.4, 0.5) is 4.79 Å².